The van der Waals surface area contributed by atoms with Gasteiger partial charge in [0.15, 0.2) is 0 Å². The first-order valence-corrected chi connectivity index (χ1v) is 5.90. The number of carbonyl (C=O) groups is 2. The number of hydrogen-bond donors (Lipinski definition) is 2. The zero-order valence-electron chi connectivity index (χ0n) is 10.2. The zero-order chi connectivity index (χ0) is 12.3. The standard InChI is InChI=1S/C12H21NO3/c1-8(2)9(3)10(14)13-7-12(11(15)16)5-4-6-12/h8-9H,4-7H2,1-3H3,(H,13,14)(H,15,16). The van der Waals surface area contributed by atoms with E-state index in [0.29, 0.717) is 12.8 Å². The largest absolute Gasteiger partial charge is 0.481 e. The molecule has 4 heteroatoms. The normalized spacial score (nSPS) is 20.0. The highest BCUT2D eigenvalue weighted by Crippen LogP contribution is 2.40. The zero-order valence-corrected chi connectivity index (χ0v) is 10.2. The van der Waals surface area contributed by atoms with Gasteiger partial charge >= 0.3 is 5.97 Å². The molecule has 0 aromatic carbocycles. The highest BCUT2D eigenvalue weighted by Gasteiger charge is 2.44. The smallest absolute Gasteiger partial charge is 0.311 e. The van der Waals surface area contributed by atoms with Crippen molar-refractivity contribution in [3.8, 4) is 0 Å². The molecule has 1 saturated carbocycles. The van der Waals surface area contributed by atoms with Crippen molar-refractivity contribution in [2.45, 2.75) is 40.0 Å². The number of hydrogen-bond acceptors (Lipinski definition) is 2. The molecule has 1 unspecified atom stereocenters. The van der Waals surface area contributed by atoms with E-state index >= 15 is 0 Å². The van der Waals surface area contributed by atoms with E-state index in [1.807, 2.05) is 20.8 Å². The summed E-state index contributed by atoms with van der Waals surface area (Å²) in [5.41, 5.74) is -0.688. The molecule has 0 heterocycles. The summed E-state index contributed by atoms with van der Waals surface area (Å²) in [6, 6.07) is 0. The minimum Gasteiger partial charge on any atom is -0.481 e. The van der Waals surface area contributed by atoms with E-state index < -0.39 is 11.4 Å². The summed E-state index contributed by atoms with van der Waals surface area (Å²) in [4.78, 5) is 22.8. The molecule has 2 N–H and O–H groups in total. The fraction of sp³-hybridized carbons (Fsp3) is 0.833. The van der Waals surface area contributed by atoms with Gasteiger partial charge in [-0.05, 0) is 18.8 Å². The Morgan fingerprint density at radius 3 is 2.19 bits per heavy atom. The van der Waals surface area contributed by atoms with E-state index in [0.717, 1.165) is 6.42 Å². The Morgan fingerprint density at radius 2 is 1.88 bits per heavy atom. The summed E-state index contributed by atoms with van der Waals surface area (Å²) >= 11 is 0. The van der Waals surface area contributed by atoms with Gasteiger partial charge in [-0.1, -0.05) is 27.2 Å². The third-order valence-electron chi connectivity index (χ3n) is 3.78. The van der Waals surface area contributed by atoms with Crippen LogP contribution < -0.4 is 5.32 Å². The van der Waals surface area contributed by atoms with Gasteiger partial charge in [-0.15, -0.1) is 0 Å². The van der Waals surface area contributed by atoms with Crippen molar-refractivity contribution in [3.05, 3.63) is 0 Å². The van der Waals surface area contributed by atoms with Crippen molar-refractivity contribution in [1.29, 1.82) is 0 Å². The molecule has 0 radical (unpaired) electrons. The molecule has 1 rings (SSSR count). The summed E-state index contributed by atoms with van der Waals surface area (Å²) in [7, 11) is 0. The number of carboxylic acids is 1. The maximum absolute atomic E-state index is 11.7. The van der Waals surface area contributed by atoms with Crippen LogP contribution in [0.25, 0.3) is 0 Å². The number of nitrogens with one attached hydrogen (secondary N) is 1. The Kier molecular flexibility index (Phi) is 3.94. The van der Waals surface area contributed by atoms with Crippen molar-refractivity contribution >= 4 is 11.9 Å². The van der Waals surface area contributed by atoms with E-state index in [9.17, 15) is 9.59 Å². The lowest BCUT2D eigenvalue weighted by atomic mass is 9.68. The molecule has 4 nitrogen and oxygen atoms in total. The van der Waals surface area contributed by atoms with Gasteiger partial charge in [0.05, 0.1) is 5.41 Å². The van der Waals surface area contributed by atoms with Crippen LogP contribution in [0.2, 0.25) is 0 Å². The quantitative estimate of drug-likeness (QED) is 0.750. The highest BCUT2D eigenvalue weighted by molar-refractivity contribution is 5.81. The van der Waals surface area contributed by atoms with Crippen LogP contribution in [0.1, 0.15) is 40.0 Å². The van der Waals surface area contributed by atoms with Gasteiger partial charge in [0.25, 0.3) is 0 Å². The lowest BCUT2D eigenvalue weighted by molar-refractivity contribution is -0.154. The SMILES string of the molecule is CC(C)C(C)C(=O)NCC1(C(=O)O)CCC1. The number of carbonyl (C=O) groups excluding carboxylic acids is 1. The predicted molar refractivity (Wildman–Crippen MR) is 60.9 cm³/mol. The lowest BCUT2D eigenvalue weighted by Gasteiger charge is -2.37. The van der Waals surface area contributed by atoms with Crippen LogP contribution in [0.5, 0.6) is 0 Å². The molecule has 0 aromatic rings. The van der Waals surface area contributed by atoms with Crippen LogP contribution >= 0.6 is 0 Å². The monoisotopic (exact) mass is 227 g/mol. The minimum atomic E-state index is -0.781. The van der Waals surface area contributed by atoms with Gasteiger partial charge in [-0.25, -0.2) is 0 Å². The van der Waals surface area contributed by atoms with Crippen molar-refractivity contribution < 1.29 is 14.7 Å². The Balaban J connectivity index is 2.45. The maximum Gasteiger partial charge on any atom is 0.311 e. The second-order valence-corrected chi connectivity index (χ2v) is 5.19. The van der Waals surface area contributed by atoms with Gasteiger partial charge in [-0.3, -0.25) is 9.59 Å². The predicted octanol–water partition coefficient (Wildman–Crippen LogP) is 1.65. The van der Waals surface area contributed by atoms with Crippen molar-refractivity contribution in [2.75, 3.05) is 6.54 Å². The molecule has 0 spiro atoms. The van der Waals surface area contributed by atoms with Crippen molar-refractivity contribution in [1.82, 2.24) is 5.32 Å². The average molecular weight is 227 g/mol. The van der Waals surface area contributed by atoms with Crippen LogP contribution in [0.3, 0.4) is 0 Å². The molecule has 0 saturated heterocycles. The molecular weight excluding hydrogens is 206 g/mol. The van der Waals surface area contributed by atoms with E-state index in [1.54, 1.807) is 0 Å². The molecule has 1 amide bonds. The van der Waals surface area contributed by atoms with Crippen LogP contribution in [0.4, 0.5) is 0 Å². The topological polar surface area (TPSA) is 66.4 Å². The first kappa shape index (κ1) is 13.0. The van der Waals surface area contributed by atoms with E-state index in [-0.39, 0.29) is 24.3 Å². The summed E-state index contributed by atoms with van der Waals surface area (Å²) in [5, 5.41) is 11.9. The van der Waals surface area contributed by atoms with Gasteiger partial charge in [0.2, 0.25) is 5.91 Å². The van der Waals surface area contributed by atoms with Gasteiger partial charge in [0.1, 0.15) is 0 Å². The van der Waals surface area contributed by atoms with Crippen molar-refractivity contribution in [2.24, 2.45) is 17.3 Å². The number of rotatable bonds is 5. The molecule has 1 fully saturated rings. The summed E-state index contributed by atoms with van der Waals surface area (Å²) in [6.45, 7) is 6.12. The molecule has 1 aliphatic rings. The summed E-state index contributed by atoms with van der Waals surface area (Å²) < 4.78 is 0. The van der Waals surface area contributed by atoms with E-state index in [2.05, 4.69) is 5.32 Å². The average Bonchev–Trinajstić information content (AvgIpc) is 2.13. The van der Waals surface area contributed by atoms with E-state index in [4.69, 9.17) is 5.11 Å². The van der Waals surface area contributed by atoms with Gasteiger partial charge in [-0.2, -0.15) is 0 Å². The maximum atomic E-state index is 11.7. The molecule has 0 aliphatic heterocycles. The molecule has 1 aliphatic carbocycles. The highest BCUT2D eigenvalue weighted by atomic mass is 16.4. The molecular formula is C12H21NO3. The third kappa shape index (κ3) is 2.54. The lowest BCUT2D eigenvalue weighted by Crippen LogP contribution is -2.48. The van der Waals surface area contributed by atoms with Crippen molar-refractivity contribution in [3.63, 3.8) is 0 Å². The summed E-state index contributed by atoms with van der Waals surface area (Å²) in [6.07, 6.45) is 2.30. The molecule has 1 atom stereocenters. The summed E-state index contributed by atoms with van der Waals surface area (Å²) in [5.74, 6) is -0.605. The Bertz CT molecular complexity index is 282. The van der Waals surface area contributed by atoms with Gasteiger partial charge in [0, 0.05) is 12.5 Å². The first-order valence-electron chi connectivity index (χ1n) is 5.90. The van der Waals surface area contributed by atoms with Crippen LogP contribution in [-0.4, -0.2) is 23.5 Å². The number of amides is 1. The molecule has 0 bridgehead atoms. The van der Waals surface area contributed by atoms with Crippen LogP contribution in [0, 0.1) is 17.3 Å². The Morgan fingerprint density at radius 1 is 1.31 bits per heavy atom. The first-order chi connectivity index (χ1) is 7.39. The molecule has 16 heavy (non-hydrogen) atoms. The fourth-order valence-electron chi connectivity index (χ4n) is 1.79. The van der Waals surface area contributed by atoms with Crippen LogP contribution in [0.15, 0.2) is 0 Å². The van der Waals surface area contributed by atoms with Crippen LogP contribution in [-0.2, 0) is 9.59 Å². The molecule has 92 valence electrons. The third-order valence-corrected chi connectivity index (χ3v) is 3.78. The molecule has 0 aromatic heterocycles. The van der Waals surface area contributed by atoms with Gasteiger partial charge < -0.3 is 10.4 Å². The second kappa shape index (κ2) is 4.85. The fourth-order valence-corrected chi connectivity index (χ4v) is 1.79. The number of carboxylic acid groups (broad SMARTS) is 1. The second-order valence-electron chi connectivity index (χ2n) is 5.19. The Labute approximate surface area is 96.4 Å². The number of aliphatic carboxylic acids is 1. The van der Waals surface area contributed by atoms with E-state index in [1.165, 1.54) is 0 Å². The minimum absolute atomic E-state index is 0.0393. The Hall–Kier alpha value is -1.06.